The minimum absolute atomic E-state index is 0.0679. The maximum absolute atomic E-state index is 12.5. The number of allylic oxidation sites excluding steroid dienone is 2. The number of hydrogen-bond donors (Lipinski definition) is 4. The number of nitrogens with zero attached hydrogens (tertiary/aromatic N) is 3. The second kappa shape index (κ2) is 10.9. The third kappa shape index (κ3) is 5.92. The average Bonchev–Trinajstić information content (AvgIpc) is 2.77. The van der Waals surface area contributed by atoms with Crippen LogP contribution < -0.4 is 20.7 Å². The lowest BCUT2D eigenvalue weighted by Gasteiger charge is -2.48. The van der Waals surface area contributed by atoms with E-state index < -0.39 is 6.10 Å². The van der Waals surface area contributed by atoms with Crippen molar-refractivity contribution in [2.45, 2.75) is 33.8 Å². The van der Waals surface area contributed by atoms with Crippen LogP contribution in [0.1, 0.15) is 32.0 Å². The molecule has 0 bridgehead atoms. The third-order valence-corrected chi connectivity index (χ3v) is 6.32. The molecule has 1 aliphatic heterocycles. The second-order valence-corrected chi connectivity index (χ2v) is 9.85. The largest absolute Gasteiger partial charge is 0.491 e. The molecule has 0 unspecified atom stereocenters. The van der Waals surface area contributed by atoms with E-state index in [-0.39, 0.29) is 24.4 Å². The summed E-state index contributed by atoms with van der Waals surface area (Å²) in [5, 5.41) is 23.0. The minimum atomic E-state index is -0.670. The molecule has 10 heteroatoms. The maximum Gasteiger partial charge on any atom is 0.163 e. The van der Waals surface area contributed by atoms with E-state index in [4.69, 9.17) is 32.0 Å². The Morgan fingerprint density at radius 2 is 2.03 bits per heavy atom. The summed E-state index contributed by atoms with van der Waals surface area (Å²) in [5.74, 6) is 1.28. The Bertz CT molecular complexity index is 1130. The number of likely N-dealkylation sites (N-methyl/N-ethyl adjacent to an activating group) is 1. The summed E-state index contributed by atoms with van der Waals surface area (Å²) < 4.78 is 5.74. The molecule has 0 amide bonds. The smallest absolute Gasteiger partial charge is 0.163 e. The zero-order valence-corrected chi connectivity index (χ0v) is 21.6. The van der Waals surface area contributed by atoms with Gasteiger partial charge in [0.25, 0.3) is 0 Å². The molecule has 3 rings (SSSR count). The lowest BCUT2D eigenvalue weighted by molar-refractivity contribution is -0.111. The third-order valence-electron chi connectivity index (χ3n) is 5.99. The molecular formula is C25H34ClN5O4. The lowest BCUT2D eigenvalue weighted by Crippen LogP contribution is -2.57. The van der Waals surface area contributed by atoms with E-state index in [1.807, 2.05) is 18.7 Å². The molecule has 2 heterocycles. The van der Waals surface area contributed by atoms with Crippen LogP contribution in [0, 0.1) is 12.3 Å². The summed E-state index contributed by atoms with van der Waals surface area (Å²) in [7, 11) is 1.75. The molecule has 1 aromatic heterocycles. The molecule has 0 aliphatic carbocycles. The van der Waals surface area contributed by atoms with Crippen LogP contribution in [0.2, 0.25) is 5.02 Å². The van der Waals surface area contributed by atoms with E-state index in [0.717, 1.165) is 5.56 Å². The first-order valence-corrected chi connectivity index (χ1v) is 11.8. The van der Waals surface area contributed by atoms with E-state index in [2.05, 4.69) is 5.32 Å². The highest BCUT2D eigenvalue weighted by molar-refractivity contribution is 6.33. The molecule has 0 spiro atoms. The van der Waals surface area contributed by atoms with Crippen LogP contribution in [0.4, 0.5) is 5.82 Å². The number of nitrogens with two attached hydrogens (primary N) is 1. The number of nitrogens with one attached hydrogen (secondary N) is 1. The number of ketones is 1. The van der Waals surface area contributed by atoms with Gasteiger partial charge < -0.3 is 30.9 Å². The van der Waals surface area contributed by atoms with E-state index >= 15 is 0 Å². The number of carbonyl (C=O) groups is 1. The van der Waals surface area contributed by atoms with Gasteiger partial charge in [-0.3, -0.25) is 4.79 Å². The first-order valence-electron chi connectivity index (χ1n) is 11.5. The van der Waals surface area contributed by atoms with Crippen molar-refractivity contribution in [3.63, 3.8) is 0 Å². The number of anilines is 1. The van der Waals surface area contributed by atoms with E-state index in [1.54, 1.807) is 32.2 Å². The molecule has 190 valence electrons. The summed E-state index contributed by atoms with van der Waals surface area (Å²) in [6, 6.07) is 5.11. The molecule has 0 saturated carbocycles. The van der Waals surface area contributed by atoms with Gasteiger partial charge in [0.05, 0.1) is 22.9 Å². The van der Waals surface area contributed by atoms with Gasteiger partial charge >= 0.3 is 0 Å². The van der Waals surface area contributed by atoms with Crippen molar-refractivity contribution in [1.29, 1.82) is 0 Å². The predicted molar refractivity (Wildman–Crippen MR) is 138 cm³/mol. The van der Waals surface area contributed by atoms with Crippen molar-refractivity contribution in [3.8, 4) is 17.1 Å². The Kier molecular flexibility index (Phi) is 8.38. The Morgan fingerprint density at radius 1 is 1.34 bits per heavy atom. The van der Waals surface area contributed by atoms with Gasteiger partial charge in [-0.1, -0.05) is 18.5 Å². The number of aliphatic hydroxyl groups excluding tert-OH is 2. The molecule has 0 radical (unpaired) electrons. The molecule has 9 nitrogen and oxygen atoms in total. The quantitative estimate of drug-likeness (QED) is 0.360. The Hall–Kier alpha value is -2.72. The standard InChI is InChI=1S/C25H34ClN5O4/c1-14-22(21(15(2)27)16(3)33)29-23(30-24(14)31-11-25(4,12-31)13-32)19-8-18(6-7-20(19)26)35-10-17(34)9-28-5/h6-8,17,28,32,34H,9-13,27H2,1-5H3/t17-/m1/s1. The van der Waals surface area contributed by atoms with Crippen molar-refractivity contribution in [1.82, 2.24) is 15.3 Å². The zero-order chi connectivity index (χ0) is 25.9. The van der Waals surface area contributed by atoms with Crippen molar-refractivity contribution in [2.75, 3.05) is 44.8 Å². The number of ether oxygens (including phenoxy) is 1. The van der Waals surface area contributed by atoms with E-state index in [9.17, 15) is 15.0 Å². The fourth-order valence-corrected chi connectivity index (χ4v) is 4.39. The number of benzene rings is 1. The van der Waals surface area contributed by atoms with Gasteiger partial charge in [0.15, 0.2) is 11.6 Å². The van der Waals surface area contributed by atoms with Crippen LogP contribution in [0.3, 0.4) is 0 Å². The highest BCUT2D eigenvalue weighted by Crippen LogP contribution is 2.39. The van der Waals surface area contributed by atoms with Crippen LogP contribution >= 0.6 is 11.6 Å². The van der Waals surface area contributed by atoms with Gasteiger partial charge in [-0.05, 0) is 46.0 Å². The van der Waals surface area contributed by atoms with Gasteiger partial charge in [-0.2, -0.15) is 0 Å². The van der Waals surface area contributed by atoms with Crippen LogP contribution in [0.25, 0.3) is 17.0 Å². The highest BCUT2D eigenvalue weighted by Gasteiger charge is 2.40. The number of aliphatic hydroxyl groups is 2. The maximum atomic E-state index is 12.5. The number of aromatic nitrogens is 2. The van der Waals surface area contributed by atoms with Gasteiger partial charge in [0.1, 0.15) is 24.3 Å². The highest BCUT2D eigenvalue weighted by atomic mass is 35.5. The zero-order valence-electron chi connectivity index (χ0n) is 20.9. The van der Waals surface area contributed by atoms with Crippen LogP contribution in [0.15, 0.2) is 23.9 Å². The molecular weight excluding hydrogens is 470 g/mol. The summed E-state index contributed by atoms with van der Waals surface area (Å²) in [4.78, 5) is 24.1. The van der Waals surface area contributed by atoms with Crippen LogP contribution in [0.5, 0.6) is 5.75 Å². The predicted octanol–water partition coefficient (Wildman–Crippen LogP) is 2.16. The number of carbonyl (C=O) groups excluding carboxylic acids is 1. The summed E-state index contributed by atoms with van der Waals surface area (Å²) >= 11 is 6.54. The first-order chi connectivity index (χ1) is 16.5. The minimum Gasteiger partial charge on any atom is -0.491 e. The molecule has 1 aromatic carbocycles. The second-order valence-electron chi connectivity index (χ2n) is 9.45. The van der Waals surface area contributed by atoms with Crippen molar-refractivity contribution in [2.24, 2.45) is 11.1 Å². The number of halogens is 1. The summed E-state index contributed by atoms with van der Waals surface area (Å²) in [6.07, 6.45) is -0.670. The number of Topliss-reactive ketones (excluding diaryl/α,β-unsaturated/α-hetero) is 1. The average molecular weight is 504 g/mol. The van der Waals surface area contributed by atoms with E-state index in [0.29, 0.717) is 64.6 Å². The van der Waals surface area contributed by atoms with Crippen LogP contribution in [-0.2, 0) is 4.79 Å². The summed E-state index contributed by atoms with van der Waals surface area (Å²) in [5.41, 5.74) is 8.26. The van der Waals surface area contributed by atoms with Crippen LogP contribution in [-0.4, -0.2) is 72.0 Å². The Morgan fingerprint density at radius 3 is 2.60 bits per heavy atom. The lowest BCUT2D eigenvalue weighted by atomic mass is 9.82. The Labute approximate surface area is 211 Å². The molecule has 1 aliphatic rings. The first kappa shape index (κ1) is 26.9. The SMILES string of the molecule is CNC[C@@H](O)COc1ccc(Cl)c(-c2nc(C(C(C)=O)=C(C)N)c(C)c(N3CC(C)(CO)C3)n2)c1. The Balaban J connectivity index is 2.11. The molecule has 5 N–H and O–H groups in total. The molecule has 1 saturated heterocycles. The molecule has 1 fully saturated rings. The van der Waals surface area contributed by atoms with E-state index in [1.165, 1.54) is 6.92 Å². The number of hydrogen-bond acceptors (Lipinski definition) is 9. The molecule has 35 heavy (non-hydrogen) atoms. The van der Waals surface area contributed by atoms with Gasteiger partial charge in [0.2, 0.25) is 0 Å². The van der Waals surface area contributed by atoms with Crippen molar-refractivity contribution >= 4 is 28.8 Å². The van der Waals surface area contributed by atoms with Crippen molar-refractivity contribution < 1.29 is 19.7 Å². The van der Waals surface area contributed by atoms with Gasteiger partial charge in [-0.15, -0.1) is 0 Å². The molecule has 1 atom stereocenters. The molecule has 2 aromatic rings. The van der Waals surface area contributed by atoms with Gasteiger partial charge in [0, 0.05) is 41.9 Å². The fourth-order valence-electron chi connectivity index (χ4n) is 4.19. The summed E-state index contributed by atoms with van der Waals surface area (Å²) in [6.45, 7) is 8.78. The van der Waals surface area contributed by atoms with Crippen molar-refractivity contribution in [3.05, 3.63) is 40.2 Å². The fraction of sp³-hybridized carbons (Fsp3) is 0.480. The monoisotopic (exact) mass is 503 g/mol. The van der Waals surface area contributed by atoms with Gasteiger partial charge in [-0.25, -0.2) is 9.97 Å². The topological polar surface area (TPSA) is 134 Å². The number of rotatable bonds is 10. The normalized spacial score (nSPS) is 16.4.